The minimum Gasteiger partial charge on any atom is -0.287 e. The summed E-state index contributed by atoms with van der Waals surface area (Å²) in [5.41, 5.74) is 0.481. The van der Waals surface area contributed by atoms with E-state index in [4.69, 9.17) is 0 Å². The summed E-state index contributed by atoms with van der Waals surface area (Å²) in [6.45, 7) is 3.98. The number of alkyl halides is 4. The van der Waals surface area contributed by atoms with Gasteiger partial charge in [0.05, 0.1) is 0 Å². The van der Waals surface area contributed by atoms with Crippen LogP contribution < -0.4 is 0 Å². The van der Waals surface area contributed by atoms with Crippen LogP contribution >= 0.6 is 0 Å². The standard InChI is InChI=1S/C13H14F4O/c1-8(2)7-9-3-5-10(6-4-9)11(18)13(16,17)12(14)15/h3-6,8,12H,7H2,1-2H3. The van der Waals surface area contributed by atoms with Crippen LogP contribution in [0.1, 0.15) is 29.8 Å². The van der Waals surface area contributed by atoms with Gasteiger partial charge in [0, 0.05) is 5.56 Å². The van der Waals surface area contributed by atoms with E-state index in [1.54, 1.807) is 0 Å². The Morgan fingerprint density at radius 2 is 1.67 bits per heavy atom. The highest BCUT2D eigenvalue weighted by atomic mass is 19.3. The number of benzene rings is 1. The fraction of sp³-hybridized carbons (Fsp3) is 0.462. The highest BCUT2D eigenvalue weighted by Crippen LogP contribution is 2.27. The Morgan fingerprint density at radius 1 is 1.17 bits per heavy atom. The molecule has 0 aliphatic heterocycles. The molecule has 0 unspecified atom stereocenters. The number of hydrogen-bond donors (Lipinski definition) is 0. The van der Waals surface area contributed by atoms with Crippen LogP contribution in [0.15, 0.2) is 24.3 Å². The molecule has 0 bridgehead atoms. The molecule has 0 saturated carbocycles. The summed E-state index contributed by atoms with van der Waals surface area (Å²) in [5, 5.41) is 0. The van der Waals surface area contributed by atoms with Crippen LogP contribution in [0.3, 0.4) is 0 Å². The summed E-state index contributed by atoms with van der Waals surface area (Å²) >= 11 is 0. The van der Waals surface area contributed by atoms with E-state index in [1.165, 1.54) is 12.1 Å². The number of carbonyl (C=O) groups is 1. The van der Waals surface area contributed by atoms with Crippen molar-refractivity contribution < 1.29 is 22.4 Å². The van der Waals surface area contributed by atoms with E-state index >= 15 is 0 Å². The van der Waals surface area contributed by atoms with E-state index in [2.05, 4.69) is 0 Å². The van der Waals surface area contributed by atoms with Gasteiger partial charge < -0.3 is 0 Å². The number of hydrogen-bond acceptors (Lipinski definition) is 1. The summed E-state index contributed by atoms with van der Waals surface area (Å²) < 4.78 is 49.7. The predicted octanol–water partition coefficient (Wildman–Crippen LogP) is 3.97. The van der Waals surface area contributed by atoms with Crippen molar-refractivity contribution in [2.24, 2.45) is 5.92 Å². The summed E-state index contributed by atoms with van der Waals surface area (Å²) in [4.78, 5) is 11.2. The van der Waals surface area contributed by atoms with Gasteiger partial charge in [0.1, 0.15) is 0 Å². The quantitative estimate of drug-likeness (QED) is 0.579. The topological polar surface area (TPSA) is 17.1 Å². The van der Waals surface area contributed by atoms with E-state index < -0.39 is 23.7 Å². The van der Waals surface area contributed by atoms with Gasteiger partial charge in [0.2, 0.25) is 5.78 Å². The van der Waals surface area contributed by atoms with Gasteiger partial charge in [0.25, 0.3) is 0 Å². The molecule has 0 aliphatic rings. The minimum atomic E-state index is -4.63. The lowest BCUT2D eigenvalue weighted by molar-refractivity contribution is -0.0958. The predicted molar refractivity (Wildman–Crippen MR) is 60.3 cm³/mol. The molecule has 0 aromatic heterocycles. The third-order valence-corrected chi connectivity index (χ3v) is 2.44. The maximum absolute atomic E-state index is 12.8. The van der Waals surface area contributed by atoms with Crippen LogP contribution in [-0.2, 0) is 6.42 Å². The molecule has 0 N–H and O–H groups in total. The SMILES string of the molecule is CC(C)Cc1ccc(C(=O)C(F)(F)C(F)F)cc1. The molecule has 5 heteroatoms. The first-order valence-electron chi connectivity index (χ1n) is 5.55. The van der Waals surface area contributed by atoms with Crippen molar-refractivity contribution in [3.63, 3.8) is 0 Å². The molecule has 1 rings (SSSR count). The monoisotopic (exact) mass is 262 g/mol. The van der Waals surface area contributed by atoms with E-state index in [0.717, 1.165) is 24.1 Å². The van der Waals surface area contributed by atoms with Gasteiger partial charge in [-0.25, -0.2) is 8.78 Å². The lowest BCUT2D eigenvalue weighted by atomic mass is 9.99. The highest BCUT2D eigenvalue weighted by Gasteiger charge is 2.48. The van der Waals surface area contributed by atoms with Gasteiger partial charge in [-0.3, -0.25) is 4.79 Å². The second-order valence-corrected chi connectivity index (χ2v) is 4.55. The molecular formula is C13H14F4O. The lowest BCUT2D eigenvalue weighted by Gasteiger charge is -2.14. The molecule has 0 saturated heterocycles. The summed E-state index contributed by atoms with van der Waals surface area (Å²) in [7, 11) is 0. The van der Waals surface area contributed by atoms with Crippen molar-refractivity contribution in [2.45, 2.75) is 32.6 Å². The second kappa shape index (κ2) is 5.50. The fourth-order valence-electron chi connectivity index (χ4n) is 1.56. The molecular weight excluding hydrogens is 248 g/mol. The van der Waals surface area contributed by atoms with Crippen molar-refractivity contribution in [2.75, 3.05) is 0 Å². The average molecular weight is 262 g/mol. The Kier molecular flexibility index (Phi) is 4.48. The van der Waals surface area contributed by atoms with Crippen molar-refractivity contribution in [3.05, 3.63) is 35.4 Å². The molecule has 0 atom stereocenters. The van der Waals surface area contributed by atoms with Crippen LogP contribution in [0, 0.1) is 5.92 Å². The largest absolute Gasteiger partial charge is 0.368 e. The zero-order valence-corrected chi connectivity index (χ0v) is 10.1. The van der Waals surface area contributed by atoms with Crippen LogP contribution in [0.5, 0.6) is 0 Å². The smallest absolute Gasteiger partial charge is 0.287 e. The van der Waals surface area contributed by atoms with Gasteiger partial charge in [-0.1, -0.05) is 38.1 Å². The van der Waals surface area contributed by atoms with Crippen molar-refractivity contribution in [1.29, 1.82) is 0 Å². The molecule has 0 amide bonds. The lowest BCUT2D eigenvalue weighted by Crippen LogP contribution is -2.36. The van der Waals surface area contributed by atoms with Gasteiger partial charge in [-0.2, -0.15) is 8.78 Å². The first-order chi connectivity index (χ1) is 8.25. The molecule has 0 spiro atoms. The Labute approximate surface area is 103 Å². The number of carbonyl (C=O) groups excluding carboxylic acids is 1. The van der Waals surface area contributed by atoms with E-state index in [-0.39, 0.29) is 0 Å². The maximum atomic E-state index is 12.8. The zero-order chi connectivity index (χ0) is 13.9. The van der Waals surface area contributed by atoms with Crippen LogP contribution in [0.4, 0.5) is 17.6 Å². The highest BCUT2D eigenvalue weighted by molar-refractivity contribution is 6.01. The number of rotatable bonds is 5. The first-order valence-corrected chi connectivity index (χ1v) is 5.55. The first kappa shape index (κ1) is 14.7. The van der Waals surface area contributed by atoms with Gasteiger partial charge >= 0.3 is 12.3 Å². The third kappa shape index (κ3) is 3.31. The van der Waals surface area contributed by atoms with Crippen LogP contribution in [0.25, 0.3) is 0 Å². The van der Waals surface area contributed by atoms with Gasteiger partial charge in [-0.05, 0) is 17.9 Å². The van der Waals surface area contributed by atoms with Gasteiger partial charge in [0.15, 0.2) is 0 Å². The molecule has 1 nitrogen and oxygen atoms in total. The van der Waals surface area contributed by atoms with Crippen molar-refractivity contribution in [1.82, 2.24) is 0 Å². The summed E-state index contributed by atoms with van der Waals surface area (Å²) in [5.74, 6) is -6.08. The average Bonchev–Trinajstić information content (AvgIpc) is 2.28. The minimum absolute atomic E-state index is 0.383. The van der Waals surface area contributed by atoms with E-state index in [9.17, 15) is 22.4 Å². The van der Waals surface area contributed by atoms with Crippen LogP contribution in [0.2, 0.25) is 0 Å². The Morgan fingerprint density at radius 3 is 2.06 bits per heavy atom. The summed E-state index contributed by atoms with van der Waals surface area (Å²) in [6.07, 6.45) is -3.25. The van der Waals surface area contributed by atoms with Crippen LogP contribution in [-0.4, -0.2) is 18.1 Å². The van der Waals surface area contributed by atoms with Gasteiger partial charge in [-0.15, -0.1) is 0 Å². The molecule has 0 fully saturated rings. The fourth-order valence-corrected chi connectivity index (χ4v) is 1.56. The maximum Gasteiger partial charge on any atom is 0.368 e. The third-order valence-electron chi connectivity index (χ3n) is 2.44. The second-order valence-electron chi connectivity index (χ2n) is 4.55. The molecule has 0 aliphatic carbocycles. The van der Waals surface area contributed by atoms with E-state index in [1.807, 2.05) is 13.8 Å². The Balaban J connectivity index is 2.89. The molecule has 1 aromatic carbocycles. The van der Waals surface area contributed by atoms with Crippen molar-refractivity contribution in [3.8, 4) is 0 Å². The Bertz CT molecular complexity index is 410. The Hall–Kier alpha value is -1.39. The normalized spacial score (nSPS) is 12.2. The molecule has 18 heavy (non-hydrogen) atoms. The molecule has 0 radical (unpaired) electrons. The van der Waals surface area contributed by atoms with E-state index in [0.29, 0.717) is 5.92 Å². The molecule has 0 heterocycles. The number of halogens is 4. The number of Topliss-reactive ketones (excluding diaryl/α,β-unsaturated/α-hetero) is 1. The zero-order valence-electron chi connectivity index (χ0n) is 10.1. The van der Waals surface area contributed by atoms with Crippen molar-refractivity contribution >= 4 is 5.78 Å². The molecule has 1 aromatic rings. The number of ketones is 1. The molecule has 100 valence electrons. The summed E-state index contributed by atoms with van der Waals surface area (Å²) in [6, 6.07) is 5.34.